The van der Waals surface area contributed by atoms with Crippen molar-refractivity contribution in [2.45, 2.75) is 125 Å². The maximum atomic E-state index is 11.8. The van der Waals surface area contributed by atoms with Crippen LogP contribution in [0.2, 0.25) is 0 Å². The van der Waals surface area contributed by atoms with Gasteiger partial charge in [-0.1, -0.05) is 65.3 Å². The van der Waals surface area contributed by atoms with E-state index in [-0.39, 0.29) is 33.7 Å². The maximum Gasteiger partial charge on any atom is 0.302 e. The molecule has 3 fully saturated rings. The number of hydrogen-bond acceptors (Lipinski definition) is 4. The number of hydrogen-bond donors (Lipinski definition) is 2. The van der Waals surface area contributed by atoms with Gasteiger partial charge in [0.2, 0.25) is 0 Å². The minimum absolute atomic E-state index is 0.00946. The van der Waals surface area contributed by atoms with Crippen molar-refractivity contribution >= 4 is 5.97 Å². The number of fused-ring (bicyclic) bond motifs is 5. The van der Waals surface area contributed by atoms with Gasteiger partial charge < -0.3 is 14.9 Å². The van der Waals surface area contributed by atoms with Gasteiger partial charge in [0.1, 0.15) is 12.2 Å². The Labute approximate surface area is 220 Å². The molecule has 0 amide bonds. The van der Waals surface area contributed by atoms with Crippen LogP contribution in [0.15, 0.2) is 23.8 Å². The molecule has 2 N–H and O–H groups in total. The zero-order valence-corrected chi connectivity index (χ0v) is 24.4. The zero-order valence-electron chi connectivity index (χ0n) is 24.4. The first-order chi connectivity index (χ1) is 16.5. The fourth-order valence-corrected chi connectivity index (χ4v) is 9.63. The summed E-state index contributed by atoms with van der Waals surface area (Å²) in [6.45, 7) is 19.5. The lowest BCUT2D eigenvalue weighted by Crippen LogP contribution is -2.58. The maximum absolute atomic E-state index is 11.8. The first-order valence-corrected chi connectivity index (χ1v) is 14.4. The molecule has 4 rings (SSSR count). The lowest BCUT2D eigenvalue weighted by Gasteiger charge is -2.64. The van der Waals surface area contributed by atoms with Gasteiger partial charge in [0.05, 0.1) is 5.60 Å². The highest BCUT2D eigenvalue weighted by Crippen LogP contribution is 2.73. The Morgan fingerprint density at radius 2 is 1.75 bits per heavy atom. The average Bonchev–Trinajstić information content (AvgIpc) is 3.04. The molecular weight excluding hydrogens is 448 g/mol. The molecule has 0 spiro atoms. The number of allylic oxidation sites excluding steroid dienone is 3. The smallest absolute Gasteiger partial charge is 0.302 e. The zero-order chi connectivity index (χ0) is 26.9. The van der Waals surface area contributed by atoms with E-state index in [2.05, 4.69) is 53.7 Å². The quantitative estimate of drug-likeness (QED) is 0.320. The second-order valence-corrected chi connectivity index (χ2v) is 14.7. The van der Waals surface area contributed by atoms with Gasteiger partial charge in [-0.15, -0.1) is 0 Å². The Morgan fingerprint density at radius 3 is 2.36 bits per heavy atom. The van der Waals surface area contributed by atoms with Gasteiger partial charge in [-0.3, -0.25) is 4.79 Å². The molecule has 204 valence electrons. The Morgan fingerprint density at radius 1 is 1.08 bits per heavy atom. The highest BCUT2D eigenvalue weighted by Gasteiger charge is 2.65. The minimum Gasteiger partial charge on any atom is -0.462 e. The van der Waals surface area contributed by atoms with E-state index < -0.39 is 11.7 Å². The number of carbonyl (C=O) groups is 1. The van der Waals surface area contributed by atoms with Crippen LogP contribution in [-0.4, -0.2) is 34.0 Å². The highest BCUT2D eigenvalue weighted by atomic mass is 16.5. The van der Waals surface area contributed by atoms with Gasteiger partial charge in [-0.2, -0.15) is 0 Å². The van der Waals surface area contributed by atoms with Gasteiger partial charge in [-0.05, 0) is 98.7 Å². The monoisotopic (exact) mass is 500 g/mol. The summed E-state index contributed by atoms with van der Waals surface area (Å²) in [4.78, 5) is 11.8. The van der Waals surface area contributed by atoms with Crippen molar-refractivity contribution in [2.75, 3.05) is 0 Å². The largest absolute Gasteiger partial charge is 0.462 e. The summed E-state index contributed by atoms with van der Waals surface area (Å²) in [5, 5.41) is 20.5. The number of esters is 1. The van der Waals surface area contributed by atoms with Gasteiger partial charge in [-0.25, -0.2) is 0 Å². The van der Waals surface area contributed by atoms with E-state index in [1.807, 2.05) is 6.08 Å². The molecule has 0 aromatic rings. The molecule has 4 aliphatic carbocycles. The predicted molar refractivity (Wildman–Crippen MR) is 145 cm³/mol. The Balaban J connectivity index is 1.61. The van der Waals surface area contributed by atoms with Crippen LogP contribution in [0.25, 0.3) is 0 Å². The van der Waals surface area contributed by atoms with Crippen molar-refractivity contribution < 1.29 is 19.7 Å². The van der Waals surface area contributed by atoms with Gasteiger partial charge in [0.15, 0.2) is 0 Å². The van der Waals surface area contributed by atoms with E-state index >= 15 is 0 Å². The standard InChI is InChI=1S/C32H52O4/c1-20(10-13-26(34)29(5,6)35)22-14-18-32(9)24-11-12-25-28(3,4)27(36-21(2)33)16-17-30(25,7)23(24)15-19-31(22,32)8/h10-11,13,20,22-23,25-27,34-35H,12,14-19H2,1-9H3/t20-,22-,23-,25-,26-,27-,30+,31-,32+/m0/s1. The topological polar surface area (TPSA) is 66.8 Å². The van der Waals surface area contributed by atoms with Crippen LogP contribution in [0.1, 0.15) is 107 Å². The molecule has 0 unspecified atom stereocenters. The van der Waals surface area contributed by atoms with Crippen molar-refractivity contribution in [3.05, 3.63) is 23.8 Å². The number of aliphatic hydroxyl groups is 2. The number of rotatable bonds is 5. The number of ether oxygens (including phenoxy) is 1. The third-order valence-corrected chi connectivity index (χ3v) is 12.1. The Hall–Kier alpha value is -1.13. The van der Waals surface area contributed by atoms with Gasteiger partial charge in [0, 0.05) is 12.3 Å². The summed E-state index contributed by atoms with van der Waals surface area (Å²) in [6, 6.07) is 0. The second-order valence-electron chi connectivity index (χ2n) is 14.7. The molecule has 4 nitrogen and oxygen atoms in total. The summed E-state index contributed by atoms with van der Waals surface area (Å²) < 4.78 is 5.84. The molecule has 0 aliphatic heterocycles. The van der Waals surface area contributed by atoms with Crippen LogP contribution in [0, 0.1) is 45.3 Å². The molecule has 0 bridgehead atoms. The van der Waals surface area contributed by atoms with Crippen LogP contribution in [0.4, 0.5) is 0 Å². The first-order valence-electron chi connectivity index (χ1n) is 14.4. The lowest BCUT2D eigenvalue weighted by molar-refractivity contribution is -0.174. The van der Waals surface area contributed by atoms with E-state index in [0.29, 0.717) is 23.7 Å². The molecular formula is C32H52O4. The summed E-state index contributed by atoms with van der Waals surface area (Å²) in [5.74, 6) is 1.90. The predicted octanol–water partition coefficient (Wildman–Crippen LogP) is 6.85. The summed E-state index contributed by atoms with van der Waals surface area (Å²) >= 11 is 0. The fraction of sp³-hybridized carbons (Fsp3) is 0.844. The molecule has 0 radical (unpaired) electrons. The van der Waals surface area contributed by atoms with E-state index in [4.69, 9.17) is 4.74 Å². The average molecular weight is 501 g/mol. The van der Waals surface area contributed by atoms with Gasteiger partial charge >= 0.3 is 5.97 Å². The summed E-state index contributed by atoms with van der Waals surface area (Å²) in [6.07, 6.45) is 13.8. The van der Waals surface area contributed by atoms with Crippen molar-refractivity contribution in [1.82, 2.24) is 0 Å². The Kier molecular flexibility index (Phi) is 6.95. The molecule has 0 aromatic heterocycles. The van der Waals surface area contributed by atoms with Crippen LogP contribution in [0.5, 0.6) is 0 Å². The Bertz CT molecular complexity index is 925. The van der Waals surface area contributed by atoms with Crippen LogP contribution < -0.4 is 0 Å². The first kappa shape index (κ1) is 27.9. The normalized spacial score (nSPS) is 43.7. The van der Waals surface area contributed by atoms with E-state index in [0.717, 1.165) is 19.3 Å². The van der Waals surface area contributed by atoms with Crippen molar-refractivity contribution in [3.63, 3.8) is 0 Å². The summed E-state index contributed by atoms with van der Waals surface area (Å²) in [7, 11) is 0. The van der Waals surface area contributed by atoms with Gasteiger partial charge in [0.25, 0.3) is 0 Å². The molecule has 0 saturated heterocycles. The molecule has 9 atom stereocenters. The van der Waals surface area contributed by atoms with Crippen molar-refractivity contribution in [3.8, 4) is 0 Å². The fourth-order valence-electron chi connectivity index (χ4n) is 9.63. The van der Waals surface area contributed by atoms with Crippen molar-refractivity contribution in [2.24, 2.45) is 45.3 Å². The number of aliphatic hydroxyl groups excluding tert-OH is 1. The molecule has 4 heteroatoms. The van der Waals surface area contributed by atoms with Crippen LogP contribution in [-0.2, 0) is 9.53 Å². The van der Waals surface area contributed by atoms with Crippen LogP contribution in [0.3, 0.4) is 0 Å². The summed E-state index contributed by atoms with van der Waals surface area (Å²) in [5.41, 5.74) is 1.24. The SMILES string of the molecule is CC(=O)O[C@H]1CC[C@]2(C)[C@H]3CC[C@@]4(C)[C@H]([C@@H](C)C=C[C@H](O)C(C)(C)O)CC[C@]4(C)C3=CC[C@H]2C1(C)C. The number of carbonyl (C=O) groups excluding carboxylic acids is 1. The van der Waals surface area contributed by atoms with E-state index in [1.54, 1.807) is 26.3 Å². The molecule has 4 aliphatic rings. The van der Waals surface area contributed by atoms with E-state index in [9.17, 15) is 15.0 Å². The molecule has 36 heavy (non-hydrogen) atoms. The second kappa shape index (κ2) is 8.97. The third-order valence-electron chi connectivity index (χ3n) is 12.1. The lowest BCUT2D eigenvalue weighted by atomic mass is 9.41. The van der Waals surface area contributed by atoms with Crippen LogP contribution >= 0.6 is 0 Å². The van der Waals surface area contributed by atoms with Crippen molar-refractivity contribution in [1.29, 1.82) is 0 Å². The molecule has 0 aromatic carbocycles. The minimum atomic E-state index is -1.12. The highest BCUT2D eigenvalue weighted by molar-refractivity contribution is 5.66. The third kappa shape index (κ3) is 4.13. The van der Waals surface area contributed by atoms with E-state index in [1.165, 1.54) is 25.7 Å². The molecule has 0 heterocycles. The molecule has 3 saturated carbocycles.